The second-order valence-corrected chi connectivity index (χ2v) is 8.44. The summed E-state index contributed by atoms with van der Waals surface area (Å²) in [5.41, 5.74) is 6.07. The molecule has 0 aliphatic carbocycles. The lowest BCUT2D eigenvalue weighted by Gasteiger charge is -2.32. The van der Waals surface area contributed by atoms with Gasteiger partial charge in [0.25, 0.3) is 0 Å². The summed E-state index contributed by atoms with van der Waals surface area (Å²) in [5.74, 6) is 0.552. The van der Waals surface area contributed by atoms with Gasteiger partial charge in [-0.25, -0.2) is 4.98 Å². The SMILES string of the molecule is C.CC(C)c1ccc(-c2nc3ccccn3c2CN2CC3CCC(C2)N3)cc1. The van der Waals surface area contributed by atoms with Crippen molar-refractivity contribution in [2.24, 2.45) is 0 Å². The van der Waals surface area contributed by atoms with Crippen molar-refractivity contribution in [3.05, 3.63) is 59.9 Å². The van der Waals surface area contributed by atoms with E-state index in [4.69, 9.17) is 4.98 Å². The predicted octanol–water partition coefficient (Wildman–Crippen LogP) is 4.70. The van der Waals surface area contributed by atoms with Crippen molar-refractivity contribution >= 4 is 5.65 Å². The van der Waals surface area contributed by atoms with Gasteiger partial charge >= 0.3 is 0 Å². The van der Waals surface area contributed by atoms with E-state index < -0.39 is 0 Å². The number of aromatic nitrogens is 2. The summed E-state index contributed by atoms with van der Waals surface area (Å²) in [6.45, 7) is 7.72. The first-order valence-electron chi connectivity index (χ1n) is 10.2. The van der Waals surface area contributed by atoms with E-state index in [1.54, 1.807) is 0 Å². The molecule has 2 atom stereocenters. The Kier molecular flexibility index (Phi) is 5.26. The molecule has 0 radical (unpaired) electrons. The van der Waals surface area contributed by atoms with Crippen molar-refractivity contribution in [3.63, 3.8) is 0 Å². The number of rotatable bonds is 4. The first-order chi connectivity index (χ1) is 13.2. The van der Waals surface area contributed by atoms with Crippen LogP contribution in [0.25, 0.3) is 16.9 Å². The van der Waals surface area contributed by atoms with Crippen LogP contribution in [0.1, 0.15) is 51.3 Å². The zero-order valence-electron chi connectivity index (χ0n) is 16.2. The maximum absolute atomic E-state index is 5.00. The Morgan fingerprint density at radius 3 is 2.43 bits per heavy atom. The van der Waals surface area contributed by atoms with Gasteiger partial charge in [0.2, 0.25) is 0 Å². The molecule has 4 heteroatoms. The Hall–Kier alpha value is -2.17. The molecule has 1 N–H and O–H groups in total. The number of piperazine rings is 1. The molecule has 2 fully saturated rings. The smallest absolute Gasteiger partial charge is 0.137 e. The van der Waals surface area contributed by atoms with Gasteiger partial charge in [-0.2, -0.15) is 0 Å². The van der Waals surface area contributed by atoms with E-state index in [9.17, 15) is 0 Å². The number of fused-ring (bicyclic) bond motifs is 3. The lowest BCUT2D eigenvalue weighted by molar-refractivity contribution is 0.187. The summed E-state index contributed by atoms with van der Waals surface area (Å²) in [5, 5.41) is 3.74. The zero-order valence-corrected chi connectivity index (χ0v) is 16.2. The van der Waals surface area contributed by atoms with Crippen molar-refractivity contribution in [1.29, 1.82) is 0 Å². The number of hydrogen-bond donors (Lipinski definition) is 1. The Labute approximate surface area is 168 Å². The Balaban J connectivity index is 0.00000192. The monoisotopic (exact) mass is 376 g/mol. The number of nitrogens with one attached hydrogen (secondary N) is 1. The molecule has 0 saturated carbocycles. The van der Waals surface area contributed by atoms with E-state index in [0.29, 0.717) is 18.0 Å². The normalized spacial score (nSPS) is 22.0. The van der Waals surface area contributed by atoms with Gasteiger partial charge in [0.15, 0.2) is 0 Å². The van der Waals surface area contributed by atoms with E-state index in [1.807, 2.05) is 0 Å². The Morgan fingerprint density at radius 2 is 1.75 bits per heavy atom. The molecular weight excluding hydrogens is 344 g/mol. The molecule has 2 aliphatic heterocycles. The molecule has 4 nitrogen and oxygen atoms in total. The van der Waals surface area contributed by atoms with Crippen LogP contribution in [-0.2, 0) is 6.54 Å². The molecular formula is C24H32N4. The van der Waals surface area contributed by atoms with Crippen molar-refractivity contribution in [1.82, 2.24) is 19.6 Å². The maximum Gasteiger partial charge on any atom is 0.137 e. The van der Waals surface area contributed by atoms with E-state index in [-0.39, 0.29) is 7.43 Å². The lowest BCUT2D eigenvalue weighted by atomic mass is 10.0. The summed E-state index contributed by atoms with van der Waals surface area (Å²) in [6, 6.07) is 16.6. The quantitative estimate of drug-likeness (QED) is 0.716. The molecule has 4 heterocycles. The Bertz CT molecular complexity index is 929. The van der Waals surface area contributed by atoms with E-state index in [1.165, 1.54) is 29.7 Å². The van der Waals surface area contributed by atoms with Crippen molar-refractivity contribution in [3.8, 4) is 11.3 Å². The van der Waals surface area contributed by atoms with Crippen LogP contribution in [0.15, 0.2) is 48.7 Å². The largest absolute Gasteiger partial charge is 0.309 e. The van der Waals surface area contributed by atoms with Crippen LogP contribution < -0.4 is 5.32 Å². The second-order valence-electron chi connectivity index (χ2n) is 8.44. The number of benzene rings is 1. The average molecular weight is 377 g/mol. The molecule has 2 unspecified atom stereocenters. The molecule has 0 amide bonds. The summed E-state index contributed by atoms with van der Waals surface area (Å²) >= 11 is 0. The highest BCUT2D eigenvalue weighted by Gasteiger charge is 2.32. The van der Waals surface area contributed by atoms with Crippen LogP contribution >= 0.6 is 0 Å². The molecule has 0 spiro atoms. The van der Waals surface area contributed by atoms with Crippen LogP contribution in [0, 0.1) is 0 Å². The number of nitrogens with zero attached hydrogens (tertiary/aromatic N) is 3. The van der Waals surface area contributed by atoms with Crippen molar-refractivity contribution < 1.29 is 0 Å². The highest BCUT2D eigenvalue weighted by atomic mass is 15.2. The van der Waals surface area contributed by atoms with E-state index in [2.05, 4.69) is 77.1 Å². The highest BCUT2D eigenvalue weighted by molar-refractivity contribution is 5.67. The summed E-state index contributed by atoms with van der Waals surface area (Å²) < 4.78 is 2.27. The third kappa shape index (κ3) is 3.47. The van der Waals surface area contributed by atoms with Gasteiger partial charge in [-0.1, -0.05) is 51.6 Å². The van der Waals surface area contributed by atoms with Crippen LogP contribution in [0.2, 0.25) is 0 Å². The third-order valence-electron chi connectivity index (χ3n) is 6.15. The van der Waals surface area contributed by atoms with E-state index >= 15 is 0 Å². The summed E-state index contributed by atoms with van der Waals surface area (Å²) in [4.78, 5) is 7.61. The Morgan fingerprint density at radius 1 is 1.04 bits per heavy atom. The van der Waals surface area contributed by atoms with Gasteiger partial charge in [0.05, 0.1) is 11.4 Å². The maximum atomic E-state index is 5.00. The fourth-order valence-corrected chi connectivity index (χ4v) is 4.68. The molecule has 148 valence electrons. The van der Waals surface area contributed by atoms with E-state index in [0.717, 1.165) is 31.0 Å². The van der Waals surface area contributed by atoms with Crippen molar-refractivity contribution in [2.45, 2.75) is 58.7 Å². The minimum Gasteiger partial charge on any atom is -0.309 e. The summed E-state index contributed by atoms with van der Waals surface area (Å²) in [7, 11) is 0. The topological polar surface area (TPSA) is 32.6 Å². The molecule has 2 aromatic heterocycles. The predicted molar refractivity (Wildman–Crippen MR) is 117 cm³/mol. The van der Waals surface area contributed by atoms with Gasteiger partial charge in [-0.3, -0.25) is 4.90 Å². The molecule has 2 bridgehead atoms. The minimum absolute atomic E-state index is 0. The van der Waals surface area contributed by atoms with Gasteiger partial charge < -0.3 is 9.72 Å². The first-order valence-corrected chi connectivity index (χ1v) is 10.2. The number of pyridine rings is 1. The second kappa shape index (κ2) is 7.69. The lowest BCUT2D eigenvalue weighted by Crippen LogP contribution is -2.50. The average Bonchev–Trinajstić information content (AvgIpc) is 3.22. The van der Waals surface area contributed by atoms with Crippen LogP contribution in [-0.4, -0.2) is 39.5 Å². The molecule has 2 saturated heterocycles. The van der Waals surface area contributed by atoms with Crippen LogP contribution in [0.3, 0.4) is 0 Å². The van der Waals surface area contributed by atoms with Crippen molar-refractivity contribution in [2.75, 3.05) is 13.1 Å². The highest BCUT2D eigenvalue weighted by Crippen LogP contribution is 2.29. The first kappa shape index (κ1) is 19.2. The molecule has 3 aromatic rings. The molecule has 5 rings (SSSR count). The fraction of sp³-hybridized carbons (Fsp3) is 0.458. The van der Waals surface area contributed by atoms with Gasteiger partial charge in [0.1, 0.15) is 5.65 Å². The molecule has 1 aromatic carbocycles. The standard InChI is InChI=1S/C23H28N4.CH4/c1-16(2)17-6-8-18(9-7-17)23-21(27-12-4-3-5-22(27)25-23)15-26-13-19-10-11-20(14-26)24-19;/h3-9,12,16,19-20,24H,10-11,13-15H2,1-2H3;1H4. The number of imidazole rings is 1. The van der Waals surface area contributed by atoms with Crippen LogP contribution in [0.4, 0.5) is 0 Å². The zero-order chi connectivity index (χ0) is 18.4. The molecule has 2 aliphatic rings. The molecule has 28 heavy (non-hydrogen) atoms. The van der Waals surface area contributed by atoms with Gasteiger partial charge in [-0.05, 0) is 36.5 Å². The number of likely N-dealkylation sites (tertiary alicyclic amines) is 1. The summed E-state index contributed by atoms with van der Waals surface area (Å²) in [6.07, 6.45) is 4.79. The number of hydrogen-bond acceptors (Lipinski definition) is 3. The minimum atomic E-state index is 0. The third-order valence-corrected chi connectivity index (χ3v) is 6.15. The van der Waals surface area contributed by atoms with Gasteiger partial charge in [-0.15, -0.1) is 0 Å². The van der Waals surface area contributed by atoms with Gasteiger partial charge in [0, 0.05) is 43.5 Å². The fourth-order valence-electron chi connectivity index (χ4n) is 4.68. The van der Waals surface area contributed by atoms with Crippen LogP contribution in [0.5, 0.6) is 0 Å².